The summed E-state index contributed by atoms with van der Waals surface area (Å²) in [6, 6.07) is 5.61. The molecule has 0 bridgehead atoms. The molecule has 1 heterocycles. The zero-order valence-electron chi connectivity index (χ0n) is 13.6. The largest absolute Gasteiger partial charge is 0.458 e. The number of hydrogen-bond donors (Lipinski definition) is 0. The summed E-state index contributed by atoms with van der Waals surface area (Å²) in [6.45, 7) is 1.88. The number of alkyl halides is 1. The third-order valence-electron chi connectivity index (χ3n) is 3.41. The van der Waals surface area contributed by atoms with E-state index in [1.54, 1.807) is 0 Å². The molecule has 26 heavy (non-hydrogen) atoms. The van der Waals surface area contributed by atoms with Crippen LogP contribution in [0.2, 0.25) is 0 Å². The number of thioether (sulfide) groups is 2. The molecule has 1 aromatic rings. The van der Waals surface area contributed by atoms with Gasteiger partial charge < -0.3 is 9.64 Å². The quantitative estimate of drug-likeness (QED) is 0.122. The first-order chi connectivity index (χ1) is 12.3. The van der Waals surface area contributed by atoms with Gasteiger partial charge in [0.15, 0.2) is 0 Å². The van der Waals surface area contributed by atoms with E-state index in [2.05, 4.69) is 0 Å². The zero-order valence-corrected chi connectivity index (χ0v) is 16.8. The summed E-state index contributed by atoms with van der Waals surface area (Å²) in [7, 11) is 0. The Hall–Kier alpha value is -1.36. The van der Waals surface area contributed by atoms with E-state index >= 15 is 0 Å². The molecule has 1 aliphatic rings. The third-order valence-corrected chi connectivity index (χ3v) is 6.46. The molecule has 1 aliphatic heterocycles. The van der Waals surface area contributed by atoms with Crippen LogP contribution >= 0.6 is 47.3 Å². The van der Waals surface area contributed by atoms with Crippen molar-refractivity contribution in [1.82, 2.24) is 4.90 Å². The van der Waals surface area contributed by atoms with Gasteiger partial charge in [-0.3, -0.25) is 14.9 Å². The normalized spacial score (nSPS) is 17.4. The van der Waals surface area contributed by atoms with E-state index in [4.69, 9.17) is 28.6 Å². The number of β-lactam (4-membered cyclic amide) rings is 1. The van der Waals surface area contributed by atoms with Crippen molar-refractivity contribution in [2.24, 2.45) is 0 Å². The molecule has 2 rings (SSSR count). The number of carbonyl (C=O) groups is 2. The molecule has 7 nitrogen and oxygen atoms in total. The number of ether oxygens (including phenoxy) is 1. The van der Waals surface area contributed by atoms with Crippen LogP contribution < -0.4 is 0 Å². The summed E-state index contributed by atoms with van der Waals surface area (Å²) in [4.78, 5) is 35.3. The Labute approximate surface area is 168 Å². The number of halogens is 1. The maximum atomic E-state index is 12.1. The number of thiocarbonyl (C=S) groups is 1. The maximum absolute atomic E-state index is 12.1. The monoisotopic (exact) mass is 434 g/mol. The number of rotatable bonds is 7. The number of hydrogen-bond acceptors (Lipinski definition) is 8. The van der Waals surface area contributed by atoms with Crippen molar-refractivity contribution < 1.29 is 19.2 Å². The van der Waals surface area contributed by atoms with Crippen LogP contribution in [-0.4, -0.2) is 41.9 Å². The highest BCUT2D eigenvalue weighted by Crippen LogP contribution is 2.36. The number of nitrogens with zero attached hydrogens (tertiary/aromatic N) is 2. The van der Waals surface area contributed by atoms with E-state index in [1.807, 2.05) is 6.92 Å². The molecule has 0 radical (unpaired) electrons. The van der Waals surface area contributed by atoms with Crippen LogP contribution in [0.5, 0.6) is 0 Å². The van der Waals surface area contributed by atoms with Gasteiger partial charge in [0.25, 0.3) is 5.69 Å². The lowest BCUT2D eigenvalue weighted by atomic mass is 10.2. The minimum atomic E-state index is -1.23. The predicted octanol–water partition coefficient (Wildman–Crippen LogP) is 3.53. The molecule has 0 spiro atoms. The van der Waals surface area contributed by atoms with Crippen LogP contribution in [0, 0.1) is 10.1 Å². The number of nitro benzene ring substituents is 1. The van der Waals surface area contributed by atoms with Gasteiger partial charge in [-0.25, -0.2) is 4.79 Å². The van der Waals surface area contributed by atoms with E-state index in [1.165, 1.54) is 52.7 Å². The van der Waals surface area contributed by atoms with E-state index in [0.717, 1.165) is 5.75 Å². The van der Waals surface area contributed by atoms with Crippen LogP contribution in [0.15, 0.2) is 24.3 Å². The van der Waals surface area contributed by atoms with E-state index in [0.29, 0.717) is 9.09 Å². The summed E-state index contributed by atoms with van der Waals surface area (Å²) >= 11 is 14.1. The summed E-state index contributed by atoms with van der Waals surface area (Å²) in [5, 5.41) is 10.3. The van der Waals surface area contributed by atoms with Gasteiger partial charge in [0.1, 0.15) is 10.1 Å². The Morgan fingerprint density at radius 2 is 2.15 bits per heavy atom. The van der Waals surface area contributed by atoms with E-state index in [9.17, 15) is 19.7 Å². The first-order valence-corrected chi connectivity index (χ1v) is 10.2. The highest BCUT2D eigenvalue weighted by Gasteiger charge is 2.44. The van der Waals surface area contributed by atoms with Gasteiger partial charge in [0, 0.05) is 12.1 Å². The number of benzene rings is 1. The van der Waals surface area contributed by atoms with E-state index < -0.39 is 16.4 Å². The van der Waals surface area contributed by atoms with Gasteiger partial charge in [0.05, 0.1) is 16.7 Å². The van der Waals surface area contributed by atoms with Crippen molar-refractivity contribution in [3.05, 3.63) is 39.9 Å². The van der Waals surface area contributed by atoms with Gasteiger partial charge >= 0.3 is 5.97 Å². The second-order valence-corrected chi connectivity index (χ2v) is 9.19. The molecule has 2 atom stereocenters. The van der Waals surface area contributed by atoms with Crippen LogP contribution in [0.3, 0.4) is 0 Å². The number of esters is 1. The van der Waals surface area contributed by atoms with Crippen molar-refractivity contribution in [3.8, 4) is 0 Å². The smallest absolute Gasteiger partial charge is 0.345 e. The Bertz CT molecular complexity index is 716. The molecule has 1 fully saturated rings. The number of likely N-dealkylation sites (tertiary alicyclic amines) is 1. The average Bonchev–Trinajstić information content (AvgIpc) is 2.59. The third kappa shape index (κ3) is 5.32. The lowest BCUT2D eigenvalue weighted by Crippen LogP contribution is -2.57. The summed E-state index contributed by atoms with van der Waals surface area (Å²) in [5.41, 5.74) is -0.710. The Kier molecular flexibility index (Phi) is 7.69. The molecule has 1 amide bonds. The van der Waals surface area contributed by atoms with Gasteiger partial charge in [0.2, 0.25) is 11.4 Å². The average molecular weight is 435 g/mol. The second kappa shape index (κ2) is 9.54. The highest BCUT2D eigenvalue weighted by molar-refractivity contribution is 8.47. The minimum Gasteiger partial charge on any atom is -0.458 e. The van der Waals surface area contributed by atoms with Crippen LogP contribution in [0.1, 0.15) is 18.9 Å². The molecule has 11 heteroatoms. The van der Waals surface area contributed by atoms with Gasteiger partial charge in [-0.05, 0) is 23.4 Å². The predicted molar refractivity (Wildman–Crippen MR) is 106 cm³/mol. The Balaban J connectivity index is 1.88. The van der Waals surface area contributed by atoms with Crippen molar-refractivity contribution in [3.63, 3.8) is 0 Å². The number of nitro groups is 1. The van der Waals surface area contributed by atoms with Crippen LogP contribution in [-0.2, 0) is 20.9 Å². The first-order valence-electron chi connectivity index (χ1n) is 7.52. The molecule has 0 aliphatic carbocycles. The molecule has 0 N–H and O–H groups in total. The fraction of sp³-hybridized carbons (Fsp3) is 0.400. The maximum Gasteiger partial charge on any atom is 0.345 e. The molecule has 0 aromatic heterocycles. The molecule has 0 saturated carbocycles. The number of carbonyl (C=O) groups excluding carboxylic acids is 2. The van der Waals surface area contributed by atoms with Gasteiger partial charge in [-0.1, -0.05) is 42.5 Å². The highest BCUT2D eigenvalue weighted by atomic mass is 35.5. The fourth-order valence-electron chi connectivity index (χ4n) is 2.09. The zero-order chi connectivity index (χ0) is 19.3. The SMILES string of the molecule is CCSC(=S)S[C@H]1CC(=O)N1C(Cl)C(=O)OCc1ccc([N+](=O)[O-])cc1. The molecular formula is C15H15ClN2O5S3. The topological polar surface area (TPSA) is 89.8 Å². The van der Waals surface area contributed by atoms with Gasteiger partial charge in [-0.2, -0.15) is 0 Å². The second-order valence-electron chi connectivity index (χ2n) is 5.13. The lowest BCUT2D eigenvalue weighted by molar-refractivity contribution is -0.384. The fourth-order valence-corrected chi connectivity index (χ4v) is 5.14. The molecule has 140 valence electrons. The number of amides is 1. The minimum absolute atomic E-state index is 0.0535. The Morgan fingerprint density at radius 3 is 2.69 bits per heavy atom. The summed E-state index contributed by atoms with van der Waals surface area (Å²) in [5.74, 6) is -0.162. The lowest BCUT2D eigenvalue weighted by Gasteiger charge is -2.41. The summed E-state index contributed by atoms with van der Waals surface area (Å²) < 4.78 is 5.81. The van der Waals surface area contributed by atoms with Crippen molar-refractivity contribution in [2.45, 2.75) is 30.8 Å². The number of non-ortho nitro benzene ring substituents is 1. The summed E-state index contributed by atoms with van der Waals surface area (Å²) in [6.07, 6.45) is 0.272. The first kappa shape index (κ1) is 20.9. The molecule has 1 saturated heterocycles. The van der Waals surface area contributed by atoms with Crippen LogP contribution in [0.4, 0.5) is 5.69 Å². The van der Waals surface area contributed by atoms with Crippen molar-refractivity contribution in [1.29, 1.82) is 0 Å². The molecule has 1 aromatic carbocycles. The van der Waals surface area contributed by atoms with Crippen LogP contribution in [0.25, 0.3) is 0 Å². The van der Waals surface area contributed by atoms with Gasteiger partial charge in [-0.15, -0.1) is 11.8 Å². The Morgan fingerprint density at radius 1 is 1.50 bits per heavy atom. The van der Waals surface area contributed by atoms with Crippen molar-refractivity contribution >= 4 is 68.4 Å². The standard InChI is InChI=1S/C15H15ClN2O5S3/c1-2-25-15(24)26-12-7-11(19)17(12)13(16)14(20)23-8-9-3-5-10(6-4-9)18(21)22/h3-6,12-13H,2,7-8H2,1H3/t12-,13?/m0/s1. The molecular weight excluding hydrogens is 420 g/mol. The van der Waals surface area contributed by atoms with Crippen molar-refractivity contribution in [2.75, 3.05) is 5.75 Å². The van der Waals surface area contributed by atoms with E-state index in [-0.39, 0.29) is 30.0 Å². The molecule has 1 unspecified atom stereocenters.